The minimum Gasteiger partial charge on any atom is -0.394 e. The van der Waals surface area contributed by atoms with E-state index in [1.165, 1.54) is 12.1 Å². The van der Waals surface area contributed by atoms with Gasteiger partial charge in [-0.3, -0.25) is 4.79 Å². The van der Waals surface area contributed by atoms with Crippen LogP contribution in [0.5, 0.6) is 0 Å². The van der Waals surface area contributed by atoms with E-state index in [0.717, 1.165) is 30.5 Å². The van der Waals surface area contributed by atoms with Crippen molar-refractivity contribution in [2.75, 3.05) is 6.61 Å². The minimum atomic E-state index is -0.368. The Morgan fingerprint density at radius 2 is 2.05 bits per heavy atom. The molecule has 1 atom stereocenters. The van der Waals surface area contributed by atoms with E-state index < -0.39 is 0 Å². The van der Waals surface area contributed by atoms with Gasteiger partial charge in [0, 0.05) is 5.69 Å². The Labute approximate surface area is 130 Å². The molecule has 0 saturated carbocycles. The second-order valence-electron chi connectivity index (χ2n) is 5.69. The quantitative estimate of drug-likeness (QED) is 0.881. The number of nitrogens with zero attached hydrogens (tertiary/aromatic N) is 2. The lowest BCUT2D eigenvalue weighted by molar-refractivity contribution is -0.122. The molecule has 0 bridgehead atoms. The zero-order valence-electron chi connectivity index (χ0n) is 12.5. The monoisotopic (exact) mass is 299 g/mol. The number of hydrogen-bond donors (Lipinski definition) is 2. The van der Waals surface area contributed by atoms with Gasteiger partial charge in [-0.15, -0.1) is 0 Å². The van der Waals surface area contributed by atoms with Crippen molar-refractivity contribution in [1.29, 1.82) is 0 Å². The highest BCUT2D eigenvalue weighted by molar-refractivity contribution is 5.76. The van der Waals surface area contributed by atoms with Crippen molar-refractivity contribution < 1.29 is 9.90 Å². The molecule has 1 aromatic carbocycles. The molecule has 1 aromatic heterocycles. The predicted molar refractivity (Wildman–Crippen MR) is 83.3 cm³/mol. The number of aromatic nitrogens is 2. The highest BCUT2D eigenvalue weighted by atomic mass is 16.3. The van der Waals surface area contributed by atoms with Crippen LogP contribution in [0.1, 0.15) is 35.8 Å². The lowest BCUT2D eigenvalue weighted by atomic mass is 10.0. The van der Waals surface area contributed by atoms with Gasteiger partial charge >= 0.3 is 0 Å². The van der Waals surface area contributed by atoms with Crippen LogP contribution in [-0.4, -0.2) is 27.2 Å². The van der Waals surface area contributed by atoms with Gasteiger partial charge in [0.15, 0.2) is 0 Å². The molecule has 0 radical (unpaired) electrons. The standard InChI is InChI=1S/C17H21N3O2/c21-11-15(13-6-2-1-3-7-13)19-17(22)10-20-12-18-14-8-4-5-9-16(14)20/h1-3,6-7,12,15,21H,4-5,8-11H2,(H,19,22). The number of imidazole rings is 1. The van der Waals surface area contributed by atoms with Crippen molar-refractivity contribution in [2.24, 2.45) is 0 Å². The molecule has 1 unspecified atom stereocenters. The van der Waals surface area contributed by atoms with E-state index in [-0.39, 0.29) is 25.1 Å². The molecule has 1 aliphatic rings. The van der Waals surface area contributed by atoms with E-state index in [2.05, 4.69) is 10.3 Å². The molecule has 0 aliphatic heterocycles. The molecule has 1 heterocycles. The first-order chi connectivity index (χ1) is 10.8. The van der Waals surface area contributed by atoms with Crippen LogP contribution in [0.2, 0.25) is 0 Å². The van der Waals surface area contributed by atoms with E-state index in [1.807, 2.05) is 34.9 Å². The summed E-state index contributed by atoms with van der Waals surface area (Å²) >= 11 is 0. The van der Waals surface area contributed by atoms with Crippen LogP contribution < -0.4 is 5.32 Å². The van der Waals surface area contributed by atoms with E-state index in [1.54, 1.807) is 6.33 Å². The molecule has 2 N–H and O–H groups in total. The van der Waals surface area contributed by atoms with Crippen LogP contribution in [0, 0.1) is 0 Å². The number of carbonyl (C=O) groups is 1. The third-order valence-corrected chi connectivity index (χ3v) is 4.14. The van der Waals surface area contributed by atoms with Gasteiger partial charge in [0.2, 0.25) is 5.91 Å². The van der Waals surface area contributed by atoms with Crippen molar-refractivity contribution in [3.05, 3.63) is 53.6 Å². The normalized spacial score (nSPS) is 15.1. The maximum Gasteiger partial charge on any atom is 0.240 e. The second kappa shape index (κ2) is 6.75. The molecule has 22 heavy (non-hydrogen) atoms. The number of benzene rings is 1. The van der Waals surface area contributed by atoms with Crippen LogP contribution in [0.25, 0.3) is 0 Å². The van der Waals surface area contributed by atoms with Gasteiger partial charge in [-0.1, -0.05) is 30.3 Å². The third-order valence-electron chi connectivity index (χ3n) is 4.14. The van der Waals surface area contributed by atoms with Crippen molar-refractivity contribution >= 4 is 5.91 Å². The summed E-state index contributed by atoms with van der Waals surface area (Å²) in [6, 6.07) is 9.15. The first kappa shape index (κ1) is 14.8. The molecule has 1 aliphatic carbocycles. The van der Waals surface area contributed by atoms with Gasteiger partial charge in [-0.25, -0.2) is 4.98 Å². The lowest BCUT2D eigenvalue weighted by Gasteiger charge is -2.18. The molecule has 2 aromatic rings. The lowest BCUT2D eigenvalue weighted by Crippen LogP contribution is -2.33. The Morgan fingerprint density at radius 1 is 1.27 bits per heavy atom. The topological polar surface area (TPSA) is 67.2 Å². The van der Waals surface area contributed by atoms with Crippen LogP contribution in [-0.2, 0) is 24.2 Å². The molecule has 3 rings (SSSR count). The van der Waals surface area contributed by atoms with Gasteiger partial charge < -0.3 is 15.0 Å². The Morgan fingerprint density at radius 3 is 2.82 bits per heavy atom. The van der Waals surface area contributed by atoms with Crippen molar-refractivity contribution in [2.45, 2.75) is 38.3 Å². The maximum absolute atomic E-state index is 12.3. The molecular weight excluding hydrogens is 278 g/mol. The average Bonchev–Trinajstić information content (AvgIpc) is 2.96. The molecule has 0 spiro atoms. The first-order valence-electron chi connectivity index (χ1n) is 7.76. The summed E-state index contributed by atoms with van der Waals surface area (Å²) < 4.78 is 1.93. The fourth-order valence-corrected chi connectivity index (χ4v) is 2.98. The number of aliphatic hydroxyl groups is 1. The largest absolute Gasteiger partial charge is 0.394 e. The summed E-state index contributed by atoms with van der Waals surface area (Å²) in [6.45, 7) is 0.142. The molecular formula is C17H21N3O2. The summed E-state index contributed by atoms with van der Waals surface area (Å²) in [7, 11) is 0. The van der Waals surface area contributed by atoms with Crippen LogP contribution in [0.4, 0.5) is 0 Å². The van der Waals surface area contributed by atoms with Gasteiger partial charge in [0.05, 0.1) is 24.7 Å². The van der Waals surface area contributed by atoms with E-state index in [0.29, 0.717) is 0 Å². The highest BCUT2D eigenvalue weighted by Gasteiger charge is 2.18. The molecule has 5 heteroatoms. The Bertz CT molecular complexity index is 637. The van der Waals surface area contributed by atoms with Crippen molar-refractivity contribution in [1.82, 2.24) is 14.9 Å². The van der Waals surface area contributed by atoms with Crippen molar-refractivity contribution in [3.63, 3.8) is 0 Å². The predicted octanol–water partition coefficient (Wildman–Crippen LogP) is 1.61. The number of fused-ring (bicyclic) bond motifs is 1. The molecule has 0 saturated heterocycles. The fraction of sp³-hybridized carbons (Fsp3) is 0.412. The number of amides is 1. The summed E-state index contributed by atoms with van der Waals surface area (Å²) in [5.41, 5.74) is 3.22. The Hall–Kier alpha value is -2.14. The Balaban J connectivity index is 1.66. The summed E-state index contributed by atoms with van der Waals surface area (Å²) in [5.74, 6) is -0.103. The van der Waals surface area contributed by atoms with Crippen molar-refractivity contribution in [3.8, 4) is 0 Å². The zero-order chi connectivity index (χ0) is 15.4. The van der Waals surface area contributed by atoms with Gasteiger partial charge in [0.25, 0.3) is 0 Å². The third kappa shape index (κ3) is 3.20. The number of hydrogen-bond acceptors (Lipinski definition) is 3. The number of carbonyl (C=O) groups excluding carboxylic acids is 1. The first-order valence-corrected chi connectivity index (χ1v) is 7.76. The Kier molecular flexibility index (Phi) is 4.53. The summed E-state index contributed by atoms with van der Waals surface area (Å²) in [6.07, 6.45) is 6.09. The van der Waals surface area contributed by atoms with E-state index in [4.69, 9.17) is 0 Å². The average molecular weight is 299 g/mol. The molecule has 0 fully saturated rings. The van der Waals surface area contributed by atoms with Crippen LogP contribution in [0.3, 0.4) is 0 Å². The zero-order valence-corrected chi connectivity index (χ0v) is 12.5. The van der Waals surface area contributed by atoms with Crippen LogP contribution >= 0.6 is 0 Å². The number of rotatable bonds is 5. The van der Waals surface area contributed by atoms with E-state index >= 15 is 0 Å². The number of aryl methyl sites for hydroxylation is 1. The van der Waals surface area contributed by atoms with Gasteiger partial charge in [0.1, 0.15) is 6.54 Å². The van der Waals surface area contributed by atoms with Gasteiger partial charge in [-0.2, -0.15) is 0 Å². The molecule has 1 amide bonds. The maximum atomic E-state index is 12.3. The molecule has 116 valence electrons. The highest BCUT2D eigenvalue weighted by Crippen LogP contribution is 2.20. The van der Waals surface area contributed by atoms with Gasteiger partial charge in [-0.05, 0) is 31.2 Å². The summed E-state index contributed by atoms with van der Waals surface area (Å²) in [5, 5.41) is 12.4. The summed E-state index contributed by atoms with van der Waals surface area (Å²) in [4.78, 5) is 16.7. The number of aliphatic hydroxyl groups excluding tert-OH is 1. The second-order valence-corrected chi connectivity index (χ2v) is 5.69. The van der Waals surface area contributed by atoms with E-state index in [9.17, 15) is 9.90 Å². The number of nitrogens with one attached hydrogen (secondary N) is 1. The smallest absolute Gasteiger partial charge is 0.240 e. The minimum absolute atomic E-state index is 0.103. The molecule has 5 nitrogen and oxygen atoms in total. The SMILES string of the molecule is O=C(Cn1cnc2c1CCCC2)NC(CO)c1ccccc1. The van der Waals surface area contributed by atoms with Crippen LogP contribution in [0.15, 0.2) is 36.7 Å². The fourth-order valence-electron chi connectivity index (χ4n) is 2.98.